The summed E-state index contributed by atoms with van der Waals surface area (Å²) in [4.78, 5) is 64.2. The average Bonchev–Trinajstić information content (AvgIpc) is 0.806. The number of aliphatic imine (C=N–C) groups is 3. The number of nitrogens with one attached hydrogen (secondary N) is 1. The second kappa shape index (κ2) is 50.2. The van der Waals surface area contributed by atoms with Crippen LogP contribution in [0, 0.1) is 0 Å². The molecule has 9 aromatic rings. The van der Waals surface area contributed by atoms with Crippen LogP contribution in [-0.4, -0.2) is 140 Å². The van der Waals surface area contributed by atoms with Crippen molar-refractivity contribution in [2.75, 3.05) is 83.4 Å². The van der Waals surface area contributed by atoms with E-state index in [9.17, 15) is 24.3 Å². The average molecular weight is 1690 g/mol. The largest absolute Gasteiger partial charge is 0.497 e. The number of amides is 3. The van der Waals surface area contributed by atoms with Crippen molar-refractivity contribution >= 4 is 88.2 Å². The van der Waals surface area contributed by atoms with Crippen molar-refractivity contribution in [3.05, 3.63) is 247 Å². The van der Waals surface area contributed by atoms with Crippen LogP contribution in [0.2, 0.25) is 15.1 Å². The highest BCUT2D eigenvalue weighted by molar-refractivity contribution is 6.51. The molecular weight excluding hydrogens is 1580 g/mol. The molecular formula is C89H104Cl4N6O18. The fraction of sp³-hybridized carbons (Fsp3) is 0.315. The number of carbonyl (C=O) groups is 4. The molecule has 0 aromatic heterocycles. The SMILES string of the molecule is CCCN.CCCN(C(=O)OC(C)(C)C)C(=O)C(=NC)c1ccc(OCc2ccc(OC)cc2)c(OCc2ccc(OC)cc2)c1Cl.CCCNC(=O)C(=NC)c1ccc(OCc2ccc(OC)cc2)c(OCc2ccc(OC)cc2)c1Cl.CN=C(C(=O)O)c1ccc(OCc2ccc(OC)cc2)c(OCc2ccc(OC)cc2)c1Cl.Cl. The number of carbonyl (C=O) groups excluding carboxylic acids is 3. The summed E-state index contributed by atoms with van der Waals surface area (Å²) >= 11 is 20.3. The summed E-state index contributed by atoms with van der Waals surface area (Å²) < 4.78 is 73.3. The van der Waals surface area contributed by atoms with Crippen molar-refractivity contribution in [2.45, 2.75) is 106 Å². The molecule has 626 valence electrons. The number of hydrogen-bond donors (Lipinski definition) is 3. The molecule has 0 aliphatic carbocycles. The number of rotatable bonds is 35. The predicted octanol–water partition coefficient (Wildman–Crippen LogP) is 18.4. The van der Waals surface area contributed by atoms with Gasteiger partial charge in [0.1, 0.15) is 91.2 Å². The highest BCUT2D eigenvalue weighted by Gasteiger charge is 2.33. The van der Waals surface area contributed by atoms with E-state index in [1.165, 1.54) is 14.1 Å². The van der Waals surface area contributed by atoms with E-state index in [0.717, 1.165) is 92.2 Å². The fourth-order valence-corrected chi connectivity index (χ4v) is 11.4. The third-order valence-corrected chi connectivity index (χ3v) is 17.8. The summed E-state index contributed by atoms with van der Waals surface area (Å²) in [6.07, 6.45) is 1.68. The molecule has 0 unspecified atom stereocenters. The van der Waals surface area contributed by atoms with Crippen molar-refractivity contribution in [1.82, 2.24) is 10.2 Å². The number of carboxylic acid groups (broad SMARTS) is 1. The summed E-state index contributed by atoms with van der Waals surface area (Å²) in [5.74, 6) is 4.35. The Bertz CT molecular complexity index is 4700. The molecule has 0 heterocycles. The van der Waals surface area contributed by atoms with Gasteiger partial charge < -0.3 is 77.7 Å². The molecule has 0 aliphatic rings. The van der Waals surface area contributed by atoms with Gasteiger partial charge in [0.05, 0.1) is 57.7 Å². The van der Waals surface area contributed by atoms with Gasteiger partial charge in [0, 0.05) is 50.9 Å². The molecule has 117 heavy (non-hydrogen) atoms. The minimum absolute atomic E-state index is 0. The monoisotopic (exact) mass is 1680 g/mol. The molecule has 0 radical (unpaired) electrons. The number of nitrogens with zero attached hydrogens (tertiary/aromatic N) is 4. The molecule has 24 nitrogen and oxygen atoms in total. The van der Waals surface area contributed by atoms with Gasteiger partial charge in [-0.05, 0) is 189 Å². The van der Waals surface area contributed by atoms with E-state index in [-0.39, 0.29) is 107 Å². The zero-order chi connectivity index (χ0) is 84.7. The summed E-state index contributed by atoms with van der Waals surface area (Å²) in [7, 11) is 14.1. The minimum atomic E-state index is -1.19. The summed E-state index contributed by atoms with van der Waals surface area (Å²) in [6.45, 7) is 14.0. The molecule has 0 fully saturated rings. The van der Waals surface area contributed by atoms with Crippen LogP contribution >= 0.6 is 47.2 Å². The standard InChI is InChI=1S/C33H39ClN2O7.C28H31ClN2O5.C25H24ClNO6.C3H9N.ClH/c1-8-19-36(32(38)43-33(2,3)4)31(37)29(35-5)26-17-18-27(41-20-22-9-13-24(39-6)14-10-22)30(28(26)34)42-21-23-11-15-25(40-7)16-12-23;1-5-16-31-28(32)26(30-2)23-14-15-24(35-17-19-6-10-21(33-3)11-7-19)27(25(23)29)36-18-20-8-12-22(34-4)13-9-20;1-27-23(25(28)29)20-12-13-21(32-14-16-4-8-18(30-2)9-5-16)24(22(20)26)33-15-17-6-10-19(31-3)11-7-17;1-2-3-4;/h9-18H,8,19-21H2,1-7H3;6-15H,5,16-18H2,1-4H3,(H,31,32);4-13H,14-15H2,1-3H3,(H,28,29);2-4H2,1H3;1H. The maximum atomic E-state index is 13.7. The first kappa shape index (κ1) is 96.2. The van der Waals surface area contributed by atoms with E-state index in [0.29, 0.717) is 53.7 Å². The third kappa shape index (κ3) is 29.7. The van der Waals surface area contributed by atoms with Crippen molar-refractivity contribution < 1.29 is 85.9 Å². The number of halogens is 4. The van der Waals surface area contributed by atoms with Crippen LogP contribution in [0.25, 0.3) is 0 Å². The second-order valence-corrected chi connectivity index (χ2v) is 27.2. The maximum absolute atomic E-state index is 13.7. The van der Waals surface area contributed by atoms with Crippen molar-refractivity contribution in [3.63, 3.8) is 0 Å². The van der Waals surface area contributed by atoms with Gasteiger partial charge in [-0.3, -0.25) is 24.6 Å². The molecule has 3 amide bonds. The normalized spacial score (nSPS) is 11.0. The van der Waals surface area contributed by atoms with Crippen LogP contribution in [-0.2, 0) is 58.8 Å². The number of ether oxygens (including phenoxy) is 13. The van der Waals surface area contributed by atoms with Crippen molar-refractivity contribution in [1.29, 1.82) is 0 Å². The smallest absolute Gasteiger partial charge is 0.417 e. The van der Waals surface area contributed by atoms with Gasteiger partial charge in [-0.2, -0.15) is 0 Å². The van der Waals surface area contributed by atoms with Crippen LogP contribution in [0.4, 0.5) is 4.79 Å². The lowest BCUT2D eigenvalue weighted by Crippen LogP contribution is -2.44. The summed E-state index contributed by atoms with van der Waals surface area (Å²) in [5, 5.41) is 12.8. The first-order valence-corrected chi connectivity index (χ1v) is 38.2. The minimum Gasteiger partial charge on any atom is -0.497 e. The van der Waals surface area contributed by atoms with Gasteiger partial charge in [-0.15, -0.1) is 12.4 Å². The Labute approximate surface area is 706 Å². The topological polar surface area (TPSA) is 287 Å². The Kier molecular flexibility index (Phi) is 41.2. The molecule has 0 saturated carbocycles. The first-order chi connectivity index (χ1) is 55.9. The Balaban J connectivity index is 0.000000307. The summed E-state index contributed by atoms with van der Waals surface area (Å²) in [6, 6.07) is 54.8. The van der Waals surface area contributed by atoms with Gasteiger partial charge in [-0.1, -0.05) is 128 Å². The van der Waals surface area contributed by atoms with Gasteiger partial charge >= 0.3 is 12.1 Å². The van der Waals surface area contributed by atoms with E-state index in [1.54, 1.807) is 107 Å². The number of methoxy groups -OCH3 is 6. The molecule has 9 rings (SSSR count). The highest BCUT2D eigenvalue weighted by atomic mass is 35.5. The van der Waals surface area contributed by atoms with Crippen molar-refractivity contribution in [3.8, 4) is 69.0 Å². The van der Waals surface area contributed by atoms with Crippen LogP contribution < -0.4 is 67.9 Å². The van der Waals surface area contributed by atoms with Crippen molar-refractivity contribution in [2.24, 2.45) is 20.7 Å². The highest BCUT2D eigenvalue weighted by Crippen LogP contribution is 2.43. The number of hydrogen-bond acceptors (Lipinski definition) is 21. The molecule has 9 aromatic carbocycles. The lowest BCUT2D eigenvalue weighted by molar-refractivity contribution is -0.129. The molecule has 0 spiro atoms. The number of aliphatic carboxylic acids is 1. The van der Waals surface area contributed by atoms with Gasteiger partial charge in [-0.25, -0.2) is 14.5 Å². The Morgan fingerprint density at radius 3 is 0.897 bits per heavy atom. The third-order valence-electron chi connectivity index (χ3n) is 16.7. The van der Waals surface area contributed by atoms with E-state index in [4.69, 9.17) is 102 Å². The maximum Gasteiger partial charge on any atom is 0.417 e. The number of nitrogens with two attached hydrogens (primary N) is 1. The zero-order valence-corrected chi connectivity index (χ0v) is 71.7. The Morgan fingerprint density at radius 1 is 0.402 bits per heavy atom. The molecule has 0 saturated heterocycles. The lowest BCUT2D eigenvalue weighted by Gasteiger charge is -2.26. The van der Waals surface area contributed by atoms with E-state index in [2.05, 4.69) is 27.2 Å². The predicted molar refractivity (Wildman–Crippen MR) is 461 cm³/mol. The quantitative estimate of drug-likeness (QED) is 0.0311. The van der Waals surface area contributed by atoms with Gasteiger partial charge in [0.15, 0.2) is 40.2 Å². The Hall–Kier alpha value is -11.4. The number of carboxylic acids is 1. The summed E-state index contributed by atoms with van der Waals surface area (Å²) in [5.41, 5.74) is 10.7. The van der Waals surface area contributed by atoms with Crippen LogP contribution in [0.15, 0.2) is 197 Å². The molecule has 28 heteroatoms. The van der Waals surface area contributed by atoms with Crippen LogP contribution in [0.5, 0.6) is 69.0 Å². The van der Waals surface area contributed by atoms with Crippen LogP contribution in [0.3, 0.4) is 0 Å². The first-order valence-electron chi connectivity index (χ1n) is 37.1. The number of benzene rings is 9. The van der Waals surface area contributed by atoms with E-state index in [1.807, 2.05) is 159 Å². The molecule has 4 N–H and O–H groups in total. The second-order valence-electron chi connectivity index (χ2n) is 26.1. The fourth-order valence-electron chi connectivity index (χ4n) is 10.5. The van der Waals surface area contributed by atoms with E-state index >= 15 is 0 Å². The molecule has 0 aliphatic heterocycles. The van der Waals surface area contributed by atoms with Gasteiger partial charge in [0.2, 0.25) is 0 Å². The van der Waals surface area contributed by atoms with Crippen LogP contribution in [0.1, 0.15) is 111 Å². The zero-order valence-electron chi connectivity index (χ0n) is 68.6. The Morgan fingerprint density at radius 2 is 0.667 bits per heavy atom. The molecule has 0 atom stereocenters. The van der Waals surface area contributed by atoms with E-state index < -0.39 is 23.6 Å². The lowest BCUT2D eigenvalue weighted by atomic mass is 10.1. The molecule has 0 bridgehead atoms. The number of imide groups is 1. The van der Waals surface area contributed by atoms with Gasteiger partial charge in [0.25, 0.3) is 11.8 Å².